The van der Waals surface area contributed by atoms with Gasteiger partial charge in [-0.2, -0.15) is 30.3 Å². The van der Waals surface area contributed by atoms with E-state index in [2.05, 4.69) is 124 Å². The Hall–Kier alpha value is -0.218. The van der Waals surface area contributed by atoms with E-state index in [0.29, 0.717) is 17.2 Å². The molecule has 0 saturated heterocycles. The maximum atomic E-state index is 4.49. The van der Waals surface area contributed by atoms with E-state index in [4.69, 9.17) is 0 Å². The predicted molar refractivity (Wildman–Crippen MR) is 116 cm³/mol. The summed E-state index contributed by atoms with van der Waals surface area (Å²) in [5.41, 5.74) is 1.30. The van der Waals surface area contributed by atoms with Gasteiger partial charge in [0.1, 0.15) is 0 Å². The Morgan fingerprint density at radius 2 is 1.58 bits per heavy atom. The number of hydrogen-bond acceptors (Lipinski definition) is 1. The molecule has 26 heavy (non-hydrogen) atoms. The Balaban J connectivity index is 0.000000439. The number of rotatable bonds is 4. The zero-order chi connectivity index (χ0) is 20.2. The molecule has 0 aliphatic carbocycles. The van der Waals surface area contributed by atoms with Crippen molar-refractivity contribution in [1.82, 2.24) is 5.32 Å². The van der Waals surface area contributed by atoms with E-state index in [-0.39, 0.29) is 7.92 Å². The standard InChI is InChI=1S/C11H16N.C11H17P.ClH.Pd/c1-9(2)12-10(3)11-7-5-4-6-8-11;1-11(2,3)12(4)10-8-6-5-7-9-10;;/h4-5,7-10,12H,1-3H3;5-9H,1-4H3;1H;/q-1;;;+2/p-1/t10-;12-;;/m01../s1. The number of nitrogens with one attached hydrogen (secondary N) is 1. The molecule has 2 atom stereocenters. The second-order valence-electron chi connectivity index (χ2n) is 7.45. The van der Waals surface area contributed by atoms with Crippen molar-refractivity contribution in [3.63, 3.8) is 0 Å². The maximum absolute atomic E-state index is 4.49. The van der Waals surface area contributed by atoms with Crippen LogP contribution in [0.1, 0.15) is 53.1 Å². The van der Waals surface area contributed by atoms with Crippen LogP contribution in [-0.4, -0.2) is 17.9 Å². The fourth-order valence-electron chi connectivity index (χ4n) is 2.31. The van der Waals surface area contributed by atoms with Crippen LogP contribution in [0.5, 0.6) is 0 Å². The zero-order valence-electron chi connectivity index (χ0n) is 17.0. The van der Waals surface area contributed by atoms with E-state index in [1.165, 1.54) is 10.9 Å². The summed E-state index contributed by atoms with van der Waals surface area (Å²) in [4.78, 5) is 0. The monoisotopic (exact) mass is 483 g/mol. The van der Waals surface area contributed by atoms with E-state index in [9.17, 15) is 0 Å². The molecule has 2 aromatic carbocycles. The minimum atomic E-state index is -0.0167. The van der Waals surface area contributed by atoms with E-state index in [1.807, 2.05) is 18.2 Å². The number of halogens is 1. The third-order valence-corrected chi connectivity index (χ3v) is 7.05. The van der Waals surface area contributed by atoms with Crippen LogP contribution in [0, 0.1) is 6.07 Å². The van der Waals surface area contributed by atoms with Gasteiger partial charge in [0.25, 0.3) is 0 Å². The molecule has 0 heterocycles. The molecule has 0 radical (unpaired) electrons. The van der Waals surface area contributed by atoms with Gasteiger partial charge in [-0.3, -0.25) is 0 Å². The van der Waals surface area contributed by atoms with Crippen molar-refractivity contribution in [3.8, 4) is 0 Å². The van der Waals surface area contributed by atoms with Gasteiger partial charge in [-0.05, 0) is 23.2 Å². The number of hydrogen-bond donors (Lipinski definition) is 1. The molecule has 1 nitrogen and oxygen atoms in total. The van der Waals surface area contributed by atoms with E-state index < -0.39 is 0 Å². The van der Waals surface area contributed by atoms with Gasteiger partial charge in [0.2, 0.25) is 0 Å². The molecule has 2 rings (SSSR count). The molecule has 2 aromatic rings. The van der Waals surface area contributed by atoms with Gasteiger partial charge in [0.15, 0.2) is 0 Å². The molecule has 0 spiro atoms. The summed E-state index contributed by atoms with van der Waals surface area (Å²) in [6.45, 7) is 15.8. The molecular formula is C22H33ClNPPd. The molecule has 0 aliphatic rings. The van der Waals surface area contributed by atoms with Crippen molar-refractivity contribution in [2.24, 2.45) is 0 Å². The van der Waals surface area contributed by atoms with Gasteiger partial charge in [0, 0.05) is 6.04 Å². The van der Waals surface area contributed by atoms with E-state index in [0.717, 1.165) is 0 Å². The van der Waals surface area contributed by atoms with Crippen LogP contribution in [0.2, 0.25) is 0 Å². The Morgan fingerprint density at radius 3 is 2.00 bits per heavy atom. The Morgan fingerprint density at radius 1 is 1.00 bits per heavy atom. The first kappa shape index (κ1) is 25.8. The second kappa shape index (κ2) is 13.9. The molecule has 0 fully saturated rings. The van der Waals surface area contributed by atoms with Crippen LogP contribution in [0.3, 0.4) is 0 Å². The summed E-state index contributed by atoms with van der Waals surface area (Å²) >= 11 is 2.22. The van der Waals surface area contributed by atoms with Gasteiger partial charge in [-0.15, -0.1) is 5.56 Å². The van der Waals surface area contributed by atoms with Crippen LogP contribution in [0.25, 0.3) is 0 Å². The van der Waals surface area contributed by atoms with Gasteiger partial charge >= 0.3 is 27.7 Å². The third-order valence-electron chi connectivity index (χ3n) is 3.96. The summed E-state index contributed by atoms with van der Waals surface area (Å²) in [5.74, 6) is 0. The average molecular weight is 484 g/mol. The Kier molecular flexibility index (Phi) is 13.8. The van der Waals surface area contributed by atoms with Crippen LogP contribution >= 0.6 is 17.5 Å². The summed E-state index contributed by atoms with van der Waals surface area (Å²) in [7, 11) is 4.47. The number of benzene rings is 2. The summed E-state index contributed by atoms with van der Waals surface area (Å²) in [6, 6.07) is 22.9. The first-order valence-corrected chi connectivity index (χ1v) is 12.6. The molecule has 1 N–H and O–H groups in total. The average Bonchev–Trinajstić information content (AvgIpc) is 2.63. The summed E-state index contributed by atoms with van der Waals surface area (Å²) < 4.78 is 0. The quantitative estimate of drug-likeness (QED) is 0.299. The molecule has 0 amide bonds. The van der Waals surface area contributed by atoms with Crippen LogP contribution in [0.4, 0.5) is 0 Å². The van der Waals surface area contributed by atoms with Crippen LogP contribution in [0.15, 0.2) is 54.6 Å². The van der Waals surface area contributed by atoms with Crippen LogP contribution < -0.4 is 10.6 Å². The van der Waals surface area contributed by atoms with Gasteiger partial charge in [-0.25, -0.2) is 0 Å². The summed E-state index contributed by atoms with van der Waals surface area (Å²) in [6.07, 6.45) is 0. The van der Waals surface area contributed by atoms with Gasteiger partial charge in [0.05, 0.1) is 0 Å². The topological polar surface area (TPSA) is 12.0 Å². The fraction of sp³-hybridized carbons (Fsp3) is 0.455. The molecule has 148 valence electrons. The molecular weight excluding hydrogens is 451 g/mol. The van der Waals surface area contributed by atoms with E-state index >= 15 is 0 Å². The molecule has 0 saturated carbocycles. The van der Waals surface area contributed by atoms with Crippen molar-refractivity contribution in [1.29, 1.82) is 0 Å². The van der Waals surface area contributed by atoms with Crippen molar-refractivity contribution in [2.75, 3.05) is 6.66 Å². The first-order valence-electron chi connectivity index (χ1n) is 8.84. The molecule has 0 unspecified atom stereocenters. The van der Waals surface area contributed by atoms with Gasteiger partial charge < -0.3 is 5.32 Å². The third kappa shape index (κ3) is 10.8. The van der Waals surface area contributed by atoms with Crippen molar-refractivity contribution in [2.45, 2.75) is 58.8 Å². The second-order valence-corrected chi connectivity index (χ2v) is 10.4. The minimum absolute atomic E-state index is 0.0167. The fourth-order valence-corrected chi connectivity index (χ4v) is 3.71. The van der Waals surface area contributed by atoms with E-state index in [1.54, 1.807) is 0 Å². The van der Waals surface area contributed by atoms with Crippen LogP contribution in [-0.2, 0) is 18.2 Å². The van der Waals surface area contributed by atoms with Crippen molar-refractivity contribution < 1.29 is 18.2 Å². The molecule has 0 aliphatic heterocycles. The van der Waals surface area contributed by atoms with Gasteiger partial charge in [-0.1, -0.05) is 79.8 Å². The normalized spacial score (nSPS) is 13.0. The Bertz CT molecular complexity index is 570. The SMILES string of the molecule is CC(C)N[C@@H](C)c1c[c-]ccc1.C[P@](c1ccccc1)C(C)(C)C.[Cl][Pd+]. The first-order chi connectivity index (χ1) is 12.2. The molecule has 0 bridgehead atoms. The predicted octanol–water partition coefficient (Wildman–Crippen LogP) is 6.45. The molecule has 0 aromatic heterocycles. The van der Waals surface area contributed by atoms with Crippen molar-refractivity contribution >= 4 is 22.8 Å². The Labute approximate surface area is 177 Å². The zero-order valence-corrected chi connectivity index (χ0v) is 20.2. The molecule has 4 heteroatoms. The summed E-state index contributed by atoms with van der Waals surface area (Å²) in [5, 5.41) is 5.37. The van der Waals surface area contributed by atoms with Crippen molar-refractivity contribution in [3.05, 3.63) is 66.2 Å².